The van der Waals surface area contributed by atoms with Crippen molar-refractivity contribution in [1.82, 2.24) is 4.90 Å². The Bertz CT molecular complexity index is 463. The molecule has 2 unspecified atom stereocenters. The molecule has 0 bridgehead atoms. The van der Waals surface area contributed by atoms with Crippen molar-refractivity contribution in [1.29, 1.82) is 0 Å². The zero-order valence-electron chi connectivity index (χ0n) is 12.0. The van der Waals surface area contributed by atoms with Gasteiger partial charge in [-0.3, -0.25) is 0 Å². The van der Waals surface area contributed by atoms with Gasteiger partial charge in [-0.1, -0.05) is 6.07 Å². The quantitative estimate of drug-likeness (QED) is 0.917. The highest BCUT2D eigenvalue weighted by Crippen LogP contribution is 2.33. The third-order valence-corrected chi connectivity index (χ3v) is 4.33. The largest absolute Gasteiger partial charge is 0.486 e. The Morgan fingerprint density at radius 3 is 2.85 bits per heavy atom. The zero-order valence-corrected chi connectivity index (χ0v) is 12.0. The van der Waals surface area contributed by atoms with Crippen molar-refractivity contribution < 1.29 is 14.6 Å². The minimum atomic E-state index is -0.432. The van der Waals surface area contributed by atoms with Crippen LogP contribution in [0.5, 0.6) is 11.5 Å². The summed E-state index contributed by atoms with van der Waals surface area (Å²) in [5.74, 6) is 1.53. The third kappa shape index (κ3) is 2.91. The molecule has 2 atom stereocenters. The molecule has 20 heavy (non-hydrogen) atoms. The molecule has 1 saturated heterocycles. The second kappa shape index (κ2) is 6.02. The molecule has 1 N–H and O–H groups in total. The van der Waals surface area contributed by atoms with Crippen LogP contribution in [0.4, 0.5) is 0 Å². The van der Waals surface area contributed by atoms with Gasteiger partial charge in [-0.25, -0.2) is 0 Å². The van der Waals surface area contributed by atoms with Gasteiger partial charge in [0.1, 0.15) is 13.2 Å². The maximum Gasteiger partial charge on any atom is 0.161 e. The second-order valence-electron chi connectivity index (χ2n) is 5.73. The lowest BCUT2D eigenvalue weighted by molar-refractivity contribution is 0.138. The van der Waals surface area contributed by atoms with E-state index in [1.165, 1.54) is 12.8 Å². The molecule has 2 heterocycles. The number of benzene rings is 1. The Hall–Kier alpha value is -1.26. The van der Waals surface area contributed by atoms with Crippen molar-refractivity contribution in [2.24, 2.45) is 0 Å². The smallest absolute Gasteiger partial charge is 0.161 e. The second-order valence-corrected chi connectivity index (χ2v) is 5.73. The average Bonchev–Trinajstić information content (AvgIpc) is 2.89. The van der Waals surface area contributed by atoms with Crippen molar-refractivity contribution in [3.8, 4) is 11.5 Å². The maximum atomic E-state index is 10.3. The fourth-order valence-corrected chi connectivity index (χ4v) is 3.05. The van der Waals surface area contributed by atoms with E-state index >= 15 is 0 Å². The highest BCUT2D eigenvalue weighted by molar-refractivity contribution is 5.44. The van der Waals surface area contributed by atoms with Gasteiger partial charge in [0.15, 0.2) is 11.5 Å². The average molecular weight is 277 g/mol. The Kier molecular flexibility index (Phi) is 4.13. The topological polar surface area (TPSA) is 41.9 Å². The van der Waals surface area contributed by atoms with Gasteiger partial charge in [0.05, 0.1) is 6.10 Å². The lowest BCUT2D eigenvalue weighted by Gasteiger charge is -2.23. The van der Waals surface area contributed by atoms with Gasteiger partial charge in [0.2, 0.25) is 0 Å². The number of ether oxygens (including phenoxy) is 2. The molecule has 1 aromatic carbocycles. The maximum absolute atomic E-state index is 10.3. The lowest BCUT2D eigenvalue weighted by Crippen LogP contribution is -2.28. The molecule has 0 radical (unpaired) electrons. The van der Waals surface area contributed by atoms with Crippen LogP contribution >= 0.6 is 0 Å². The van der Waals surface area contributed by atoms with Crippen LogP contribution in [0.25, 0.3) is 0 Å². The Morgan fingerprint density at radius 1 is 1.30 bits per heavy atom. The van der Waals surface area contributed by atoms with Crippen molar-refractivity contribution in [3.63, 3.8) is 0 Å². The fourth-order valence-electron chi connectivity index (χ4n) is 3.05. The van der Waals surface area contributed by atoms with Crippen LogP contribution in [-0.2, 0) is 0 Å². The number of likely N-dealkylation sites (tertiary alicyclic amines) is 1. The van der Waals surface area contributed by atoms with E-state index in [-0.39, 0.29) is 0 Å². The molecular weight excluding hydrogens is 254 g/mol. The Morgan fingerprint density at radius 2 is 2.10 bits per heavy atom. The predicted molar refractivity (Wildman–Crippen MR) is 77.3 cm³/mol. The molecule has 2 aliphatic heterocycles. The zero-order chi connectivity index (χ0) is 13.9. The van der Waals surface area contributed by atoms with Gasteiger partial charge < -0.3 is 19.5 Å². The lowest BCUT2D eigenvalue weighted by atomic mass is 10.1. The molecule has 0 aromatic heterocycles. The van der Waals surface area contributed by atoms with Crippen molar-refractivity contribution >= 4 is 0 Å². The summed E-state index contributed by atoms with van der Waals surface area (Å²) in [6, 6.07) is 6.39. The van der Waals surface area contributed by atoms with E-state index in [1.807, 2.05) is 18.2 Å². The summed E-state index contributed by atoms with van der Waals surface area (Å²) >= 11 is 0. The molecule has 0 amide bonds. The van der Waals surface area contributed by atoms with Crippen LogP contribution in [0.3, 0.4) is 0 Å². The molecule has 110 valence electrons. The standard InChI is InChI=1S/C16H23NO3/c1-12-3-2-7-17(12)8-6-14(18)13-4-5-15-16(11-13)20-10-9-19-15/h4-5,11-12,14,18H,2-3,6-10H2,1H3. The minimum Gasteiger partial charge on any atom is -0.486 e. The van der Waals surface area contributed by atoms with Crippen LogP contribution in [0.15, 0.2) is 18.2 Å². The van der Waals surface area contributed by atoms with E-state index in [2.05, 4.69) is 11.8 Å². The van der Waals surface area contributed by atoms with Crippen LogP contribution < -0.4 is 9.47 Å². The Balaban J connectivity index is 1.60. The number of rotatable bonds is 4. The molecule has 2 aliphatic rings. The van der Waals surface area contributed by atoms with Crippen molar-refractivity contribution in [3.05, 3.63) is 23.8 Å². The Labute approximate surface area is 120 Å². The molecule has 1 fully saturated rings. The van der Waals surface area contributed by atoms with Gasteiger partial charge >= 0.3 is 0 Å². The van der Waals surface area contributed by atoms with Crippen molar-refractivity contribution in [2.75, 3.05) is 26.3 Å². The first-order valence-electron chi connectivity index (χ1n) is 7.56. The molecule has 0 aliphatic carbocycles. The summed E-state index contributed by atoms with van der Waals surface area (Å²) in [6.45, 7) is 5.56. The van der Waals surface area contributed by atoms with E-state index in [4.69, 9.17) is 9.47 Å². The molecular formula is C16H23NO3. The molecule has 3 rings (SSSR count). The van der Waals surface area contributed by atoms with Crippen LogP contribution in [0.1, 0.15) is 37.9 Å². The summed E-state index contributed by atoms with van der Waals surface area (Å²) in [7, 11) is 0. The van der Waals surface area contributed by atoms with E-state index in [9.17, 15) is 5.11 Å². The van der Waals surface area contributed by atoms with Gasteiger partial charge in [0.25, 0.3) is 0 Å². The van der Waals surface area contributed by atoms with Gasteiger partial charge in [-0.05, 0) is 50.4 Å². The molecule has 1 aromatic rings. The predicted octanol–water partition coefficient (Wildman–Crippen LogP) is 2.37. The number of nitrogens with zero attached hydrogens (tertiary/aromatic N) is 1. The van der Waals surface area contributed by atoms with Crippen molar-refractivity contribution in [2.45, 2.75) is 38.3 Å². The number of fused-ring (bicyclic) bond motifs is 1. The molecule has 4 heteroatoms. The number of hydrogen-bond donors (Lipinski definition) is 1. The third-order valence-electron chi connectivity index (χ3n) is 4.33. The number of aliphatic hydroxyl groups is 1. The molecule has 0 saturated carbocycles. The van der Waals surface area contributed by atoms with Gasteiger partial charge in [-0.15, -0.1) is 0 Å². The summed E-state index contributed by atoms with van der Waals surface area (Å²) < 4.78 is 11.1. The minimum absolute atomic E-state index is 0.432. The first kappa shape index (κ1) is 13.7. The van der Waals surface area contributed by atoms with E-state index in [0.29, 0.717) is 19.3 Å². The first-order valence-corrected chi connectivity index (χ1v) is 7.56. The van der Waals surface area contributed by atoms with E-state index < -0.39 is 6.10 Å². The van der Waals surface area contributed by atoms with Crippen LogP contribution in [0, 0.1) is 0 Å². The highest BCUT2D eigenvalue weighted by atomic mass is 16.6. The van der Waals surface area contributed by atoms with Gasteiger partial charge in [-0.2, -0.15) is 0 Å². The van der Waals surface area contributed by atoms with Crippen LogP contribution in [-0.4, -0.2) is 42.4 Å². The SMILES string of the molecule is CC1CCCN1CCC(O)c1ccc2c(c1)OCCO2. The van der Waals surface area contributed by atoms with Crippen LogP contribution in [0.2, 0.25) is 0 Å². The first-order chi connectivity index (χ1) is 9.74. The molecule has 0 spiro atoms. The van der Waals surface area contributed by atoms with Gasteiger partial charge in [0, 0.05) is 12.6 Å². The van der Waals surface area contributed by atoms with E-state index in [0.717, 1.165) is 36.6 Å². The summed E-state index contributed by atoms with van der Waals surface area (Å²) in [5, 5.41) is 10.3. The number of aliphatic hydroxyl groups excluding tert-OH is 1. The summed E-state index contributed by atoms with van der Waals surface area (Å²) in [5.41, 5.74) is 0.918. The van der Waals surface area contributed by atoms with E-state index in [1.54, 1.807) is 0 Å². The highest BCUT2D eigenvalue weighted by Gasteiger charge is 2.21. The summed E-state index contributed by atoms with van der Waals surface area (Å²) in [4.78, 5) is 2.46. The molecule has 4 nitrogen and oxygen atoms in total. The normalized spacial score (nSPS) is 23.8. The summed E-state index contributed by atoms with van der Waals surface area (Å²) in [6.07, 6.45) is 2.89. The monoisotopic (exact) mass is 277 g/mol. The fraction of sp³-hybridized carbons (Fsp3) is 0.625. The number of hydrogen-bond acceptors (Lipinski definition) is 4.